The quantitative estimate of drug-likeness (QED) is 0.509. The van der Waals surface area contributed by atoms with Crippen LogP contribution >= 0.6 is 0 Å². The van der Waals surface area contributed by atoms with Gasteiger partial charge >= 0.3 is 5.63 Å². The third kappa shape index (κ3) is 3.09. The Morgan fingerprint density at radius 2 is 2.05 bits per heavy atom. The van der Waals surface area contributed by atoms with E-state index in [-0.39, 0.29) is 18.0 Å². The molecule has 0 saturated carbocycles. The van der Waals surface area contributed by atoms with Crippen molar-refractivity contribution >= 4 is 16.8 Å². The van der Waals surface area contributed by atoms with Crippen LogP contribution in [-0.4, -0.2) is 17.5 Å². The van der Waals surface area contributed by atoms with Crippen LogP contribution in [0.5, 0.6) is 0 Å². The van der Waals surface area contributed by atoms with Gasteiger partial charge in [-0.1, -0.05) is 12.1 Å². The van der Waals surface area contributed by atoms with Crippen molar-refractivity contribution in [3.05, 3.63) is 45.8 Å². The number of rotatable bonds is 5. The molecular weight excluding hydrogens is 244 g/mol. The lowest BCUT2D eigenvalue weighted by Crippen LogP contribution is -2.11. The second-order valence-corrected chi connectivity index (χ2v) is 4.56. The first kappa shape index (κ1) is 13.5. The van der Waals surface area contributed by atoms with Crippen molar-refractivity contribution in [1.29, 1.82) is 0 Å². The second kappa shape index (κ2) is 5.80. The SMILES string of the molecule is CC(=O)c1cc2ccc(CCCCO)cc2oc1=O. The first-order valence-electron chi connectivity index (χ1n) is 6.30. The van der Waals surface area contributed by atoms with E-state index in [1.807, 2.05) is 18.2 Å². The lowest BCUT2D eigenvalue weighted by Gasteiger charge is -2.03. The van der Waals surface area contributed by atoms with Gasteiger partial charge in [0.05, 0.1) is 0 Å². The highest BCUT2D eigenvalue weighted by Gasteiger charge is 2.09. The van der Waals surface area contributed by atoms with Gasteiger partial charge in [-0.3, -0.25) is 4.79 Å². The number of Topliss-reactive ketones (excluding diaryl/α,β-unsaturated/α-hetero) is 1. The summed E-state index contributed by atoms with van der Waals surface area (Å²) in [6, 6.07) is 7.18. The van der Waals surface area contributed by atoms with Gasteiger partial charge in [0.15, 0.2) is 5.78 Å². The third-order valence-electron chi connectivity index (χ3n) is 3.05. The highest BCUT2D eigenvalue weighted by molar-refractivity contribution is 5.96. The fourth-order valence-electron chi connectivity index (χ4n) is 2.00. The van der Waals surface area contributed by atoms with Crippen LogP contribution in [-0.2, 0) is 6.42 Å². The average molecular weight is 260 g/mol. The predicted molar refractivity (Wildman–Crippen MR) is 72.5 cm³/mol. The Labute approximate surface area is 110 Å². The van der Waals surface area contributed by atoms with Crippen molar-refractivity contribution in [2.24, 2.45) is 0 Å². The second-order valence-electron chi connectivity index (χ2n) is 4.56. The van der Waals surface area contributed by atoms with E-state index in [1.54, 1.807) is 6.07 Å². The van der Waals surface area contributed by atoms with Gasteiger partial charge in [-0.15, -0.1) is 0 Å². The van der Waals surface area contributed by atoms with Crippen LogP contribution in [0.25, 0.3) is 11.0 Å². The van der Waals surface area contributed by atoms with Gasteiger partial charge in [0.1, 0.15) is 11.1 Å². The third-order valence-corrected chi connectivity index (χ3v) is 3.05. The summed E-state index contributed by atoms with van der Waals surface area (Å²) < 4.78 is 5.18. The van der Waals surface area contributed by atoms with E-state index in [0.29, 0.717) is 5.58 Å². The van der Waals surface area contributed by atoms with Gasteiger partial charge in [-0.05, 0) is 43.9 Å². The number of fused-ring (bicyclic) bond motifs is 1. The van der Waals surface area contributed by atoms with Crippen LogP contribution in [0, 0.1) is 0 Å². The maximum absolute atomic E-state index is 11.6. The Morgan fingerprint density at radius 3 is 2.74 bits per heavy atom. The Kier molecular flexibility index (Phi) is 4.12. The summed E-state index contributed by atoms with van der Waals surface area (Å²) in [5.41, 5.74) is 1.05. The summed E-state index contributed by atoms with van der Waals surface area (Å²) in [4.78, 5) is 22.9. The fraction of sp³-hybridized carbons (Fsp3) is 0.333. The Morgan fingerprint density at radius 1 is 1.26 bits per heavy atom. The molecule has 0 aliphatic rings. The largest absolute Gasteiger partial charge is 0.422 e. The van der Waals surface area contributed by atoms with Crippen LogP contribution in [0.15, 0.2) is 33.5 Å². The molecule has 0 atom stereocenters. The van der Waals surface area contributed by atoms with Gasteiger partial charge < -0.3 is 9.52 Å². The molecule has 4 nitrogen and oxygen atoms in total. The molecule has 4 heteroatoms. The number of aliphatic hydroxyl groups excluding tert-OH is 1. The highest BCUT2D eigenvalue weighted by Crippen LogP contribution is 2.17. The maximum Gasteiger partial charge on any atom is 0.347 e. The van der Waals surface area contributed by atoms with E-state index < -0.39 is 5.63 Å². The smallest absolute Gasteiger partial charge is 0.347 e. The summed E-state index contributed by atoms with van der Waals surface area (Å²) in [5, 5.41) is 9.49. The molecular formula is C15H16O4. The van der Waals surface area contributed by atoms with Crippen LogP contribution in [0.2, 0.25) is 0 Å². The lowest BCUT2D eigenvalue weighted by atomic mass is 10.1. The molecule has 0 aliphatic carbocycles. The van der Waals surface area contributed by atoms with Crippen LogP contribution in [0.1, 0.15) is 35.7 Å². The molecule has 1 N–H and O–H groups in total. The molecule has 0 saturated heterocycles. The monoisotopic (exact) mass is 260 g/mol. The molecule has 100 valence electrons. The van der Waals surface area contributed by atoms with Crippen molar-refractivity contribution in [2.45, 2.75) is 26.2 Å². The minimum atomic E-state index is -0.590. The summed E-state index contributed by atoms with van der Waals surface area (Å²) in [6.07, 6.45) is 2.47. The lowest BCUT2D eigenvalue weighted by molar-refractivity contribution is 0.101. The molecule has 2 aromatic rings. The Bertz CT molecular complexity index is 655. The first-order valence-corrected chi connectivity index (χ1v) is 6.30. The van der Waals surface area contributed by atoms with Gasteiger partial charge in [-0.2, -0.15) is 0 Å². The average Bonchev–Trinajstić information content (AvgIpc) is 2.37. The molecule has 1 aromatic heterocycles. The first-order chi connectivity index (χ1) is 9.11. The molecule has 0 aliphatic heterocycles. The number of carbonyl (C=O) groups excluding carboxylic acids is 1. The number of aliphatic hydroxyl groups is 1. The van der Waals surface area contributed by atoms with Crippen molar-refractivity contribution in [3.63, 3.8) is 0 Å². The van der Waals surface area contributed by atoms with Crippen LogP contribution in [0.3, 0.4) is 0 Å². The standard InChI is InChI=1S/C15H16O4/c1-10(17)13-9-12-6-5-11(4-2-3-7-16)8-14(12)19-15(13)18/h5-6,8-9,16H,2-4,7H2,1H3. The van der Waals surface area contributed by atoms with Gasteiger partial charge in [0.25, 0.3) is 0 Å². The number of benzene rings is 1. The summed E-state index contributed by atoms with van der Waals surface area (Å²) in [6.45, 7) is 1.53. The molecule has 2 rings (SSSR count). The summed E-state index contributed by atoms with van der Waals surface area (Å²) >= 11 is 0. The predicted octanol–water partition coefficient (Wildman–Crippen LogP) is 2.31. The number of hydrogen-bond donors (Lipinski definition) is 1. The molecule has 0 radical (unpaired) electrons. The van der Waals surface area contributed by atoms with Gasteiger partial charge in [0.2, 0.25) is 0 Å². The van der Waals surface area contributed by atoms with Crippen molar-refractivity contribution in [2.75, 3.05) is 6.61 Å². The number of aryl methyl sites for hydroxylation is 1. The Balaban J connectivity index is 2.36. The zero-order valence-electron chi connectivity index (χ0n) is 10.8. The van der Waals surface area contributed by atoms with E-state index in [1.165, 1.54) is 6.92 Å². The normalized spacial score (nSPS) is 10.8. The van der Waals surface area contributed by atoms with E-state index in [9.17, 15) is 9.59 Å². The van der Waals surface area contributed by atoms with Crippen molar-refractivity contribution in [1.82, 2.24) is 0 Å². The van der Waals surface area contributed by atoms with Crippen molar-refractivity contribution < 1.29 is 14.3 Å². The molecule has 1 aromatic carbocycles. The molecule has 0 bridgehead atoms. The van der Waals surface area contributed by atoms with E-state index in [0.717, 1.165) is 30.2 Å². The molecule has 0 amide bonds. The minimum Gasteiger partial charge on any atom is -0.422 e. The molecule has 0 fully saturated rings. The van der Waals surface area contributed by atoms with Crippen LogP contribution < -0.4 is 5.63 Å². The number of unbranched alkanes of at least 4 members (excludes halogenated alkanes) is 1. The number of ketones is 1. The highest BCUT2D eigenvalue weighted by atomic mass is 16.4. The van der Waals surface area contributed by atoms with Crippen molar-refractivity contribution in [3.8, 4) is 0 Å². The molecule has 0 unspecified atom stereocenters. The van der Waals surface area contributed by atoms with Gasteiger partial charge in [-0.25, -0.2) is 4.79 Å². The van der Waals surface area contributed by atoms with E-state index in [4.69, 9.17) is 9.52 Å². The molecule has 1 heterocycles. The molecule has 0 spiro atoms. The number of hydrogen-bond acceptors (Lipinski definition) is 4. The Hall–Kier alpha value is -1.94. The maximum atomic E-state index is 11.6. The van der Waals surface area contributed by atoms with Crippen LogP contribution in [0.4, 0.5) is 0 Å². The van der Waals surface area contributed by atoms with E-state index in [2.05, 4.69) is 0 Å². The minimum absolute atomic E-state index is 0.0838. The van der Waals surface area contributed by atoms with E-state index >= 15 is 0 Å². The fourth-order valence-corrected chi connectivity index (χ4v) is 2.00. The zero-order chi connectivity index (χ0) is 13.8. The van der Waals surface area contributed by atoms with Gasteiger partial charge in [0, 0.05) is 12.0 Å². The summed E-state index contributed by atoms with van der Waals surface area (Å²) in [7, 11) is 0. The number of carbonyl (C=O) groups is 1. The zero-order valence-corrected chi connectivity index (χ0v) is 10.8. The topological polar surface area (TPSA) is 67.5 Å². The molecule has 19 heavy (non-hydrogen) atoms. The summed E-state index contributed by atoms with van der Waals surface area (Å²) in [5.74, 6) is -0.289.